The first-order valence-corrected chi connectivity index (χ1v) is 6.11. The third kappa shape index (κ3) is 3.01. The molecule has 0 saturated heterocycles. The number of amides is 1. The van der Waals surface area contributed by atoms with Gasteiger partial charge < -0.3 is 15.5 Å². The van der Waals surface area contributed by atoms with Crippen LogP contribution >= 0.6 is 11.6 Å². The molecule has 6 heteroatoms. The van der Waals surface area contributed by atoms with Crippen LogP contribution in [0.25, 0.3) is 10.9 Å². The van der Waals surface area contributed by atoms with Gasteiger partial charge in [0.05, 0.1) is 30.3 Å². The summed E-state index contributed by atoms with van der Waals surface area (Å²) in [4.78, 5) is 16.2. The zero-order valence-electron chi connectivity index (χ0n) is 10.0. The molecular formula is C13H13ClN2O3. The summed E-state index contributed by atoms with van der Waals surface area (Å²) in [6.45, 7) is -0.669. The first-order valence-electron chi connectivity index (χ1n) is 5.73. The molecule has 100 valence electrons. The molecule has 0 unspecified atom stereocenters. The third-order valence-electron chi connectivity index (χ3n) is 2.71. The lowest BCUT2D eigenvalue weighted by Crippen LogP contribution is -2.40. The van der Waals surface area contributed by atoms with E-state index in [1.165, 1.54) is 6.07 Å². The van der Waals surface area contributed by atoms with Crippen LogP contribution in [0.15, 0.2) is 30.3 Å². The summed E-state index contributed by atoms with van der Waals surface area (Å²) < 4.78 is 0. The molecule has 0 saturated carbocycles. The topological polar surface area (TPSA) is 82.5 Å². The molecule has 0 radical (unpaired) electrons. The predicted molar refractivity (Wildman–Crippen MR) is 72.2 cm³/mol. The number of rotatable bonds is 4. The molecule has 2 rings (SSSR count). The Morgan fingerprint density at radius 2 is 2.00 bits per heavy atom. The lowest BCUT2D eigenvalue weighted by molar-refractivity contribution is 0.0881. The molecule has 0 aliphatic rings. The first kappa shape index (κ1) is 13.7. The number of benzene rings is 1. The van der Waals surface area contributed by atoms with Crippen LogP contribution in [0.2, 0.25) is 5.15 Å². The number of pyridine rings is 1. The van der Waals surface area contributed by atoms with Gasteiger partial charge in [-0.25, -0.2) is 4.98 Å². The maximum Gasteiger partial charge on any atom is 0.252 e. The zero-order valence-corrected chi connectivity index (χ0v) is 10.8. The molecule has 0 spiro atoms. The lowest BCUT2D eigenvalue weighted by Gasteiger charge is -2.14. The molecule has 5 nitrogen and oxygen atoms in total. The van der Waals surface area contributed by atoms with Crippen LogP contribution in [-0.4, -0.2) is 40.4 Å². The van der Waals surface area contributed by atoms with E-state index in [9.17, 15) is 4.79 Å². The standard InChI is InChI=1S/C13H13ClN2O3/c14-12-5-10(13(19)15-8(6-17)7-18)9-3-1-2-4-11(9)16-12/h1-5,8,17-18H,6-7H2,(H,15,19). The van der Waals surface area contributed by atoms with Crippen LogP contribution in [0.4, 0.5) is 0 Å². The minimum atomic E-state index is -0.696. The second kappa shape index (κ2) is 5.97. The number of aromatic nitrogens is 1. The summed E-state index contributed by atoms with van der Waals surface area (Å²) in [5.41, 5.74) is 0.979. The second-order valence-corrected chi connectivity index (χ2v) is 4.43. The molecule has 1 aromatic carbocycles. The fourth-order valence-corrected chi connectivity index (χ4v) is 1.94. The molecule has 2 aromatic rings. The average Bonchev–Trinajstić information content (AvgIpc) is 2.43. The van der Waals surface area contributed by atoms with E-state index in [4.69, 9.17) is 21.8 Å². The van der Waals surface area contributed by atoms with Crippen LogP contribution in [-0.2, 0) is 0 Å². The number of halogens is 1. The van der Waals surface area contributed by atoms with Gasteiger partial charge in [-0.3, -0.25) is 4.79 Å². The van der Waals surface area contributed by atoms with Gasteiger partial charge in [0.15, 0.2) is 0 Å². The molecule has 19 heavy (non-hydrogen) atoms. The highest BCUT2D eigenvalue weighted by molar-refractivity contribution is 6.30. The molecule has 0 aliphatic heterocycles. The van der Waals surface area contributed by atoms with Gasteiger partial charge in [-0.2, -0.15) is 0 Å². The molecule has 0 bridgehead atoms. The van der Waals surface area contributed by atoms with E-state index in [-0.39, 0.29) is 18.4 Å². The Morgan fingerprint density at radius 3 is 2.68 bits per heavy atom. The highest BCUT2D eigenvalue weighted by atomic mass is 35.5. The Hall–Kier alpha value is -1.69. The van der Waals surface area contributed by atoms with Crippen molar-refractivity contribution < 1.29 is 15.0 Å². The van der Waals surface area contributed by atoms with Gasteiger partial charge in [-0.1, -0.05) is 29.8 Å². The molecular weight excluding hydrogens is 268 g/mol. The summed E-state index contributed by atoms with van der Waals surface area (Å²) in [6.07, 6.45) is 0. The third-order valence-corrected chi connectivity index (χ3v) is 2.90. The first-order chi connectivity index (χ1) is 9.15. The number of nitrogens with zero attached hydrogens (tertiary/aromatic N) is 1. The van der Waals surface area contributed by atoms with E-state index < -0.39 is 11.9 Å². The molecule has 0 atom stereocenters. The van der Waals surface area contributed by atoms with Crippen molar-refractivity contribution >= 4 is 28.4 Å². The Morgan fingerprint density at radius 1 is 1.32 bits per heavy atom. The molecule has 1 amide bonds. The number of fused-ring (bicyclic) bond motifs is 1. The van der Waals surface area contributed by atoms with Crippen molar-refractivity contribution in [3.05, 3.63) is 41.0 Å². The normalized spacial score (nSPS) is 10.9. The molecule has 3 N–H and O–H groups in total. The quantitative estimate of drug-likeness (QED) is 0.729. The summed E-state index contributed by atoms with van der Waals surface area (Å²) in [6, 6.07) is 7.89. The fraction of sp³-hybridized carbons (Fsp3) is 0.231. The van der Waals surface area contributed by atoms with Crippen molar-refractivity contribution in [2.24, 2.45) is 0 Å². The van der Waals surface area contributed by atoms with Gasteiger partial charge in [0.2, 0.25) is 0 Å². The average molecular weight is 281 g/mol. The van der Waals surface area contributed by atoms with Crippen molar-refractivity contribution in [1.29, 1.82) is 0 Å². The van der Waals surface area contributed by atoms with Crippen molar-refractivity contribution in [3.63, 3.8) is 0 Å². The number of hydrogen-bond acceptors (Lipinski definition) is 4. The molecule has 1 aromatic heterocycles. The van der Waals surface area contributed by atoms with Crippen molar-refractivity contribution in [1.82, 2.24) is 10.3 Å². The van der Waals surface area contributed by atoms with E-state index >= 15 is 0 Å². The minimum absolute atomic E-state index is 0.216. The monoisotopic (exact) mass is 280 g/mol. The number of nitrogens with one attached hydrogen (secondary N) is 1. The van der Waals surface area contributed by atoms with E-state index in [2.05, 4.69) is 10.3 Å². The van der Waals surface area contributed by atoms with E-state index in [0.29, 0.717) is 16.5 Å². The number of aliphatic hydroxyl groups excluding tert-OH is 2. The van der Waals surface area contributed by atoms with Gasteiger partial charge in [-0.05, 0) is 12.1 Å². The van der Waals surface area contributed by atoms with E-state index in [1.54, 1.807) is 24.3 Å². The number of aliphatic hydroxyl groups is 2. The van der Waals surface area contributed by atoms with E-state index in [0.717, 1.165) is 0 Å². The molecule has 0 aliphatic carbocycles. The van der Waals surface area contributed by atoms with E-state index in [1.807, 2.05) is 0 Å². The largest absolute Gasteiger partial charge is 0.394 e. The second-order valence-electron chi connectivity index (χ2n) is 4.05. The van der Waals surface area contributed by atoms with Gasteiger partial charge >= 0.3 is 0 Å². The van der Waals surface area contributed by atoms with Crippen LogP contribution in [0.3, 0.4) is 0 Å². The van der Waals surface area contributed by atoms with Crippen LogP contribution in [0.5, 0.6) is 0 Å². The Labute approximate surface area is 114 Å². The van der Waals surface area contributed by atoms with Gasteiger partial charge in [0.1, 0.15) is 5.15 Å². The maximum atomic E-state index is 12.1. The Balaban J connectivity index is 2.41. The molecule has 1 heterocycles. The van der Waals surface area contributed by atoms with Gasteiger partial charge in [0, 0.05) is 5.39 Å². The smallest absolute Gasteiger partial charge is 0.252 e. The number of hydrogen-bond donors (Lipinski definition) is 3. The number of carbonyl (C=O) groups is 1. The number of para-hydroxylation sites is 1. The highest BCUT2D eigenvalue weighted by Gasteiger charge is 2.15. The van der Waals surface area contributed by atoms with Crippen LogP contribution < -0.4 is 5.32 Å². The SMILES string of the molecule is O=C(NC(CO)CO)c1cc(Cl)nc2ccccc12. The summed E-state index contributed by atoms with van der Waals surface area (Å²) in [5, 5.41) is 21.4. The maximum absolute atomic E-state index is 12.1. The predicted octanol–water partition coefficient (Wildman–Crippen LogP) is 0.971. The summed E-state index contributed by atoms with van der Waals surface area (Å²) >= 11 is 5.88. The van der Waals surface area contributed by atoms with Crippen LogP contribution in [0.1, 0.15) is 10.4 Å². The van der Waals surface area contributed by atoms with Gasteiger partial charge in [0.25, 0.3) is 5.91 Å². The van der Waals surface area contributed by atoms with Gasteiger partial charge in [-0.15, -0.1) is 0 Å². The molecule has 0 fully saturated rings. The minimum Gasteiger partial charge on any atom is -0.394 e. The summed E-state index contributed by atoms with van der Waals surface area (Å²) in [7, 11) is 0. The Kier molecular flexibility index (Phi) is 4.31. The van der Waals surface area contributed by atoms with Crippen molar-refractivity contribution in [3.8, 4) is 0 Å². The van der Waals surface area contributed by atoms with Crippen molar-refractivity contribution in [2.75, 3.05) is 13.2 Å². The number of carbonyl (C=O) groups excluding carboxylic acids is 1. The summed E-state index contributed by atoms with van der Waals surface area (Å²) in [5.74, 6) is -0.409. The van der Waals surface area contributed by atoms with Crippen LogP contribution in [0, 0.1) is 0 Å². The van der Waals surface area contributed by atoms with Crippen molar-refractivity contribution in [2.45, 2.75) is 6.04 Å². The fourth-order valence-electron chi connectivity index (χ4n) is 1.74. The lowest BCUT2D eigenvalue weighted by atomic mass is 10.1. The highest BCUT2D eigenvalue weighted by Crippen LogP contribution is 2.20. The Bertz CT molecular complexity index is 599. The zero-order chi connectivity index (χ0) is 13.8.